The van der Waals surface area contributed by atoms with Crippen LogP contribution in [-0.4, -0.2) is 24.1 Å². The van der Waals surface area contributed by atoms with Gasteiger partial charge in [0.1, 0.15) is 24.0 Å². The Morgan fingerprint density at radius 3 is 2.76 bits per heavy atom. The highest BCUT2D eigenvalue weighted by Crippen LogP contribution is 2.24. The first-order chi connectivity index (χ1) is 12.0. The Hall–Kier alpha value is -2.34. The number of para-hydroxylation sites is 1. The summed E-state index contributed by atoms with van der Waals surface area (Å²) in [5.74, 6) is -0.693. The minimum absolute atomic E-state index is 0.242. The molecule has 3 rings (SSSR count). The summed E-state index contributed by atoms with van der Waals surface area (Å²) in [6.45, 7) is 2.08. The lowest BCUT2D eigenvalue weighted by atomic mass is 10.2. The molecule has 0 radical (unpaired) electrons. The van der Waals surface area contributed by atoms with Crippen LogP contribution in [0.15, 0.2) is 53.0 Å². The molecule has 1 saturated heterocycles. The highest BCUT2D eigenvalue weighted by molar-refractivity contribution is 9.10. The molecule has 0 spiro atoms. The Morgan fingerprint density at radius 1 is 1.24 bits per heavy atom. The predicted molar refractivity (Wildman–Crippen MR) is 94.3 cm³/mol. The zero-order valence-corrected chi connectivity index (χ0v) is 15.2. The van der Waals surface area contributed by atoms with Gasteiger partial charge in [0.15, 0.2) is 0 Å². The third-order valence-corrected chi connectivity index (χ3v) is 4.26. The molecule has 6 heteroatoms. The second-order valence-corrected chi connectivity index (χ2v) is 6.71. The molecule has 1 aliphatic heterocycles. The molecule has 5 nitrogen and oxygen atoms in total. The van der Waals surface area contributed by atoms with Crippen LogP contribution in [-0.2, 0) is 20.9 Å². The molecule has 0 aromatic heterocycles. The van der Waals surface area contributed by atoms with Gasteiger partial charge in [0.05, 0.1) is 0 Å². The maximum atomic E-state index is 12.4. The molecule has 2 atom stereocenters. The van der Waals surface area contributed by atoms with Crippen LogP contribution in [0.3, 0.4) is 0 Å². The van der Waals surface area contributed by atoms with E-state index in [0.717, 1.165) is 10.0 Å². The number of ether oxygens (including phenoxy) is 3. The van der Waals surface area contributed by atoms with Crippen molar-refractivity contribution in [3.63, 3.8) is 0 Å². The molecule has 130 valence electrons. The third-order valence-electron chi connectivity index (χ3n) is 3.77. The molecular formula is C19H17BrO5. The number of cyclic esters (lactones) is 1. The zero-order chi connectivity index (χ0) is 17.8. The van der Waals surface area contributed by atoms with Crippen molar-refractivity contribution in [3.05, 3.63) is 64.1 Å². The molecule has 0 bridgehead atoms. The second kappa shape index (κ2) is 7.70. The van der Waals surface area contributed by atoms with Gasteiger partial charge in [0.25, 0.3) is 0 Å². The molecule has 0 N–H and O–H groups in total. The van der Waals surface area contributed by atoms with E-state index in [1.807, 2.05) is 24.3 Å². The van der Waals surface area contributed by atoms with Crippen molar-refractivity contribution < 1.29 is 23.8 Å². The molecule has 2 unspecified atom stereocenters. The number of carbonyl (C=O) groups excluding carboxylic acids is 2. The van der Waals surface area contributed by atoms with Crippen molar-refractivity contribution in [1.82, 2.24) is 0 Å². The maximum Gasteiger partial charge on any atom is 0.347 e. The SMILES string of the molecule is CC1CC(OC(=O)c2ccccc2OCc2cccc(Br)c2)C(=O)O1. The van der Waals surface area contributed by atoms with Crippen molar-refractivity contribution in [3.8, 4) is 5.75 Å². The summed E-state index contributed by atoms with van der Waals surface area (Å²) < 4.78 is 17.0. The van der Waals surface area contributed by atoms with Gasteiger partial charge in [-0.25, -0.2) is 9.59 Å². The third kappa shape index (κ3) is 4.39. The molecule has 1 aliphatic rings. The highest BCUT2D eigenvalue weighted by atomic mass is 79.9. The number of rotatable bonds is 5. The summed E-state index contributed by atoms with van der Waals surface area (Å²) in [5, 5.41) is 0. The summed E-state index contributed by atoms with van der Waals surface area (Å²) in [6.07, 6.45) is -0.736. The highest BCUT2D eigenvalue weighted by Gasteiger charge is 2.35. The van der Waals surface area contributed by atoms with E-state index in [2.05, 4.69) is 15.9 Å². The van der Waals surface area contributed by atoms with Gasteiger partial charge in [-0.05, 0) is 36.8 Å². The van der Waals surface area contributed by atoms with Crippen LogP contribution in [0, 0.1) is 0 Å². The Bertz CT molecular complexity index is 789. The van der Waals surface area contributed by atoms with Crippen molar-refractivity contribution in [2.45, 2.75) is 32.2 Å². The van der Waals surface area contributed by atoms with Crippen LogP contribution in [0.25, 0.3) is 0 Å². The largest absolute Gasteiger partial charge is 0.488 e. The maximum absolute atomic E-state index is 12.4. The van der Waals surface area contributed by atoms with Crippen molar-refractivity contribution in [2.75, 3.05) is 0 Å². The van der Waals surface area contributed by atoms with E-state index in [1.165, 1.54) is 0 Å². The first kappa shape index (κ1) is 17.5. The number of halogens is 1. The molecule has 2 aromatic carbocycles. The van der Waals surface area contributed by atoms with Crippen LogP contribution < -0.4 is 4.74 Å². The molecule has 1 fully saturated rings. The van der Waals surface area contributed by atoms with Gasteiger partial charge >= 0.3 is 11.9 Å². The van der Waals surface area contributed by atoms with Crippen LogP contribution in [0.5, 0.6) is 5.75 Å². The Balaban J connectivity index is 1.70. The fourth-order valence-electron chi connectivity index (χ4n) is 2.56. The van der Waals surface area contributed by atoms with E-state index in [0.29, 0.717) is 18.8 Å². The number of benzene rings is 2. The lowest BCUT2D eigenvalue weighted by molar-refractivity contribution is -0.147. The van der Waals surface area contributed by atoms with Crippen LogP contribution >= 0.6 is 15.9 Å². The van der Waals surface area contributed by atoms with E-state index in [4.69, 9.17) is 14.2 Å². The Labute approximate surface area is 154 Å². The molecule has 2 aromatic rings. The van der Waals surface area contributed by atoms with E-state index in [1.54, 1.807) is 31.2 Å². The lowest BCUT2D eigenvalue weighted by Gasteiger charge is -2.13. The quantitative estimate of drug-likeness (QED) is 0.707. The van der Waals surface area contributed by atoms with E-state index in [-0.39, 0.29) is 11.7 Å². The number of hydrogen-bond acceptors (Lipinski definition) is 5. The minimum Gasteiger partial charge on any atom is -0.488 e. The van der Waals surface area contributed by atoms with Gasteiger partial charge in [-0.1, -0.05) is 40.2 Å². The van der Waals surface area contributed by atoms with Gasteiger partial charge in [-0.3, -0.25) is 0 Å². The molecule has 25 heavy (non-hydrogen) atoms. The Morgan fingerprint density at radius 2 is 2.04 bits per heavy atom. The van der Waals surface area contributed by atoms with Gasteiger partial charge in [0.2, 0.25) is 6.10 Å². The fourth-order valence-corrected chi connectivity index (χ4v) is 3.00. The van der Waals surface area contributed by atoms with Crippen molar-refractivity contribution >= 4 is 27.9 Å². The van der Waals surface area contributed by atoms with E-state index >= 15 is 0 Å². The first-order valence-corrected chi connectivity index (χ1v) is 8.70. The molecular weight excluding hydrogens is 388 g/mol. The summed E-state index contributed by atoms with van der Waals surface area (Å²) >= 11 is 3.41. The summed E-state index contributed by atoms with van der Waals surface area (Å²) in [6, 6.07) is 14.5. The Kier molecular flexibility index (Phi) is 5.38. The van der Waals surface area contributed by atoms with Gasteiger partial charge < -0.3 is 14.2 Å². The summed E-state index contributed by atoms with van der Waals surface area (Å²) in [5.41, 5.74) is 1.25. The average molecular weight is 405 g/mol. The van der Waals surface area contributed by atoms with E-state index in [9.17, 15) is 9.59 Å². The van der Waals surface area contributed by atoms with Gasteiger partial charge in [0, 0.05) is 10.9 Å². The number of carbonyl (C=O) groups is 2. The lowest BCUT2D eigenvalue weighted by Crippen LogP contribution is -2.23. The zero-order valence-electron chi connectivity index (χ0n) is 13.6. The average Bonchev–Trinajstić information content (AvgIpc) is 2.90. The molecule has 0 saturated carbocycles. The topological polar surface area (TPSA) is 61.8 Å². The smallest absolute Gasteiger partial charge is 0.347 e. The fraction of sp³-hybridized carbons (Fsp3) is 0.263. The van der Waals surface area contributed by atoms with Crippen molar-refractivity contribution in [2.24, 2.45) is 0 Å². The van der Waals surface area contributed by atoms with Gasteiger partial charge in [-0.2, -0.15) is 0 Å². The van der Waals surface area contributed by atoms with Gasteiger partial charge in [-0.15, -0.1) is 0 Å². The number of esters is 2. The monoisotopic (exact) mass is 404 g/mol. The second-order valence-electron chi connectivity index (χ2n) is 5.79. The standard InChI is InChI=1S/C19H17BrO5/c1-12-9-17(19(22)24-12)25-18(21)15-7-2-3-8-16(15)23-11-13-5-4-6-14(20)10-13/h2-8,10,12,17H,9,11H2,1H3. The van der Waals surface area contributed by atoms with Crippen LogP contribution in [0.2, 0.25) is 0 Å². The minimum atomic E-state index is -0.861. The van der Waals surface area contributed by atoms with Crippen molar-refractivity contribution in [1.29, 1.82) is 0 Å². The molecule has 0 amide bonds. The molecule has 1 heterocycles. The van der Waals surface area contributed by atoms with E-state index < -0.39 is 18.0 Å². The predicted octanol–water partition coefficient (Wildman–Crippen LogP) is 3.89. The summed E-state index contributed by atoms with van der Waals surface area (Å²) in [4.78, 5) is 24.1. The summed E-state index contributed by atoms with van der Waals surface area (Å²) in [7, 11) is 0. The van der Waals surface area contributed by atoms with Crippen LogP contribution in [0.4, 0.5) is 0 Å². The normalized spacial score (nSPS) is 19.4. The molecule has 0 aliphatic carbocycles. The number of hydrogen-bond donors (Lipinski definition) is 0. The first-order valence-electron chi connectivity index (χ1n) is 7.90. The van der Waals surface area contributed by atoms with Crippen LogP contribution in [0.1, 0.15) is 29.3 Å².